The Balaban J connectivity index is 1.92. The van der Waals surface area contributed by atoms with Gasteiger partial charge in [-0.2, -0.15) is 4.98 Å². The van der Waals surface area contributed by atoms with E-state index in [1.165, 1.54) is 12.1 Å². The fraction of sp³-hybridized carbons (Fsp3) is 0.308. The SMILES string of the molecule is CCCc1nc(COc2ccc(C(=O)O)cc2)no1. The Hall–Kier alpha value is -2.37. The first-order valence-electron chi connectivity index (χ1n) is 5.96. The van der Waals surface area contributed by atoms with Crippen molar-refractivity contribution in [3.8, 4) is 5.75 Å². The van der Waals surface area contributed by atoms with Crippen LogP contribution in [0.3, 0.4) is 0 Å². The van der Waals surface area contributed by atoms with E-state index in [1.54, 1.807) is 12.1 Å². The average Bonchev–Trinajstić information content (AvgIpc) is 2.85. The Kier molecular flexibility index (Phi) is 4.12. The highest BCUT2D eigenvalue weighted by Gasteiger charge is 2.07. The Labute approximate surface area is 110 Å². The number of aromatic carboxylic acids is 1. The van der Waals surface area contributed by atoms with Crippen molar-refractivity contribution >= 4 is 5.97 Å². The normalized spacial score (nSPS) is 10.4. The van der Waals surface area contributed by atoms with Crippen molar-refractivity contribution in [1.82, 2.24) is 10.1 Å². The van der Waals surface area contributed by atoms with Crippen LogP contribution in [0.5, 0.6) is 5.75 Å². The van der Waals surface area contributed by atoms with E-state index in [4.69, 9.17) is 14.4 Å². The third kappa shape index (κ3) is 3.54. The molecule has 0 saturated heterocycles. The summed E-state index contributed by atoms with van der Waals surface area (Å²) in [5, 5.41) is 12.6. The number of carbonyl (C=O) groups is 1. The van der Waals surface area contributed by atoms with Gasteiger partial charge in [-0.1, -0.05) is 12.1 Å². The highest BCUT2D eigenvalue weighted by molar-refractivity contribution is 5.87. The fourth-order valence-electron chi connectivity index (χ4n) is 1.51. The lowest BCUT2D eigenvalue weighted by Gasteiger charge is -2.03. The van der Waals surface area contributed by atoms with Crippen LogP contribution in [-0.4, -0.2) is 21.2 Å². The Morgan fingerprint density at radius 3 is 2.74 bits per heavy atom. The van der Waals surface area contributed by atoms with Gasteiger partial charge in [-0.15, -0.1) is 0 Å². The second-order valence-corrected chi connectivity index (χ2v) is 3.97. The third-order valence-corrected chi connectivity index (χ3v) is 2.44. The van der Waals surface area contributed by atoms with Crippen molar-refractivity contribution in [2.24, 2.45) is 0 Å². The number of nitrogens with zero attached hydrogens (tertiary/aromatic N) is 2. The van der Waals surface area contributed by atoms with E-state index >= 15 is 0 Å². The van der Waals surface area contributed by atoms with E-state index in [2.05, 4.69) is 10.1 Å². The van der Waals surface area contributed by atoms with Gasteiger partial charge >= 0.3 is 5.97 Å². The van der Waals surface area contributed by atoms with Gasteiger partial charge in [0.05, 0.1) is 5.56 Å². The van der Waals surface area contributed by atoms with Gasteiger partial charge < -0.3 is 14.4 Å². The Morgan fingerprint density at radius 2 is 2.11 bits per heavy atom. The van der Waals surface area contributed by atoms with Gasteiger partial charge in [0.2, 0.25) is 11.7 Å². The first kappa shape index (κ1) is 13.1. The molecule has 0 bridgehead atoms. The summed E-state index contributed by atoms with van der Waals surface area (Å²) in [6, 6.07) is 6.15. The highest BCUT2D eigenvalue weighted by Crippen LogP contribution is 2.13. The number of carboxylic acid groups (broad SMARTS) is 1. The summed E-state index contributed by atoms with van der Waals surface area (Å²) in [7, 11) is 0. The summed E-state index contributed by atoms with van der Waals surface area (Å²) in [6.45, 7) is 2.23. The summed E-state index contributed by atoms with van der Waals surface area (Å²) in [6.07, 6.45) is 1.69. The molecule has 0 spiro atoms. The molecular formula is C13H14N2O4. The maximum absolute atomic E-state index is 10.7. The standard InChI is InChI=1S/C13H14N2O4/c1-2-3-12-14-11(15-19-12)8-18-10-6-4-9(5-7-10)13(16)17/h4-7H,2-3,8H2,1H3,(H,16,17). The number of aryl methyl sites for hydroxylation is 1. The predicted octanol–water partition coefficient (Wildman–Crippen LogP) is 2.30. The predicted molar refractivity (Wildman–Crippen MR) is 66.0 cm³/mol. The van der Waals surface area contributed by atoms with Crippen LogP contribution in [0.2, 0.25) is 0 Å². The minimum absolute atomic E-state index is 0.194. The summed E-state index contributed by atoms with van der Waals surface area (Å²) in [4.78, 5) is 14.8. The van der Waals surface area contributed by atoms with Crippen molar-refractivity contribution in [3.63, 3.8) is 0 Å². The number of hydrogen-bond acceptors (Lipinski definition) is 5. The number of hydrogen-bond donors (Lipinski definition) is 1. The lowest BCUT2D eigenvalue weighted by atomic mass is 10.2. The quantitative estimate of drug-likeness (QED) is 0.859. The molecule has 6 nitrogen and oxygen atoms in total. The molecule has 0 aliphatic heterocycles. The Morgan fingerprint density at radius 1 is 1.37 bits per heavy atom. The molecule has 1 heterocycles. The van der Waals surface area contributed by atoms with Gasteiger partial charge in [0.25, 0.3) is 0 Å². The first-order chi connectivity index (χ1) is 9.19. The topological polar surface area (TPSA) is 85.5 Å². The number of rotatable bonds is 6. The zero-order valence-electron chi connectivity index (χ0n) is 10.5. The van der Waals surface area contributed by atoms with Crippen LogP contribution in [-0.2, 0) is 13.0 Å². The smallest absolute Gasteiger partial charge is 0.335 e. The number of carboxylic acids is 1. The molecule has 0 unspecified atom stereocenters. The van der Waals surface area contributed by atoms with E-state index < -0.39 is 5.97 Å². The minimum atomic E-state index is -0.964. The number of aromatic nitrogens is 2. The van der Waals surface area contributed by atoms with Crippen molar-refractivity contribution < 1.29 is 19.2 Å². The van der Waals surface area contributed by atoms with Crippen LogP contribution in [0, 0.1) is 0 Å². The van der Waals surface area contributed by atoms with E-state index in [0.717, 1.165) is 12.8 Å². The van der Waals surface area contributed by atoms with Gasteiger partial charge in [0.15, 0.2) is 6.61 Å². The second-order valence-electron chi connectivity index (χ2n) is 3.97. The lowest BCUT2D eigenvalue weighted by Crippen LogP contribution is -1.99. The molecule has 1 aromatic heterocycles. The molecule has 0 fully saturated rings. The van der Waals surface area contributed by atoms with Gasteiger partial charge in [-0.05, 0) is 30.7 Å². The molecule has 1 N–H and O–H groups in total. The van der Waals surface area contributed by atoms with Crippen LogP contribution in [0.15, 0.2) is 28.8 Å². The molecule has 6 heteroatoms. The lowest BCUT2D eigenvalue weighted by molar-refractivity contribution is 0.0697. The largest absolute Gasteiger partial charge is 0.485 e. The minimum Gasteiger partial charge on any atom is -0.485 e. The summed E-state index contributed by atoms with van der Waals surface area (Å²) < 4.78 is 10.5. The zero-order chi connectivity index (χ0) is 13.7. The molecule has 0 aliphatic rings. The van der Waals surface area contributed by atoms with Gasteiger partial charge in [-0.3, -0.25) is 0 Å². The van der Waals surface area contributed by atoms with Gasteiger partial charge in [-0.25, -0.2) is 4.79 Å². The van der Waals surface area contributed by atoms with E-state index in [-0.39, 0.29) is 12.2 Å². The molecule has 0 aliphatic carbocycles. The van der Waals surface area contributed by atoms with Crippen LogP contribution in [0.4, 0.5) is 0 Å². The first-order valence-corrected chi connectivity index (χ1v) is 5.96. The molecule has 1 aromatic carbocycles. The molecule has 100 valence electrons. The van der Waals surface area contributed by atoms with E-state index in [0.29, 0.717) is 17.5 Å². The zero-order valence-corrected chi connectivity index (χ0v) is 10.5. The fourth-order valence-corrected chi connectivity index (χ4v) is 1.51. The van der Waals surface area contributed by atoms with Gasteiger partial charge in [0.1, 0.15) is 5.75 Å². The number of benzene rings is 1. The van der Waals surface area contributed by atoms with Crippen molar-refractivity contribution in [3.05, 3.63) is 41.5 Å². The molecule has 19 heavy (non-hydrogen) atoms. The molecule has 0 radical (unpaired) electrons. The second kappa shape index (κ2) is 5.99. The van der Waals surface area contributed by atoms with Crippen molar-refractivity contribution in [2.45, 2.75) is 26.4 Å². The summed E-state index contributed by atoms with van der Waals surface area (Å²) >= 11 is 0. The molecule has 2 rings (SSSR count). The molecule has 0 atom stereocenters. The van der Waals surface area contributed by atoms with Crippen LogP contribution in [0.25, 0.3) is 0 Å². The number of ether oxygens (including phenoxy) is 1. The average molecular weight is 262 g/mol. The molecule has 0 amide bonds. The Bertz CT molecular complexity index is 548. The highest BCUT2D eigenvalue weighted by atomic mass is 16.5. The summed E-state index contributed by atoms with van der Waals surface area (Å²) in [5.74, 6) is 0.675. The van der Waals surface area contributed by atoms with Crippen LogP contribution < -0.4 is 4.74 Å². The maximum Gasteiger partial charge on any atom is 0.335 e. The van der Waals surface area contributed by atoms with Crippen molar-refractivity contribution in [1.29, 1.82) is 0 Å². The maximum atomic E-state index is 10.7. The molecule has 0 saturated carbocycles. The van der Waals surface area contributed by atoms with E-state index in [9.17, 15) is 4.79 Å². The molecule has 2 aromatic rings. The third-order valence-electron chi connectivity index (χ3n) is 2.44. The van der Waals surface area contributed by atoms with Crippen LogP contribution in [0.1, 0.15) is 35.4 Å². The van der Waals surface area contributed by atoms with E-state index in [1.807, 2.05) is 6.92 Å². The summed E-state index contributed by atoms with van der Waals surface area (Å²) in [5.41, 5.74) is 0.220. The van der Waals surface area contributed by atoms with Gasteiger partial charge in [0, 0.05) is 6.42 Å². The molecular weight excluding hydrogens is 248 g/mol. The van der Waals surface area contributed by atoms with Crippen LogP contribution >= 0.6 is 0 Å². The monoisotopic (exact) mass is 262 g/mol. The van der Waals surface area contributed by atoms with Crippen molar-refractivity contribution in [2.75, 3.05) is 0 Å².